The average Bonchev–Trinajstić information content (AvgIpc) is 3.45. The van der Waals surface area contributed by atoms with Crippen molar-refractivity contribution < 1.29 is 9.53 Å². The molecule has 0 aliphatic carbocycles. The van der Waals surface area contributed by atoms with E-state index in [-0.39, 0.29) is 18.0 Å². The number of para-hydroxylation sites is 1. The molecule has 0 radical (unpaired) electrons. The molecule has 2 atom stereocenters. The van der Waals surface area contributed by atoms with Gasteiger partial charge in [-0.3, -0.25) is 10.2 Å². The van der Waals surface area contributed by atoms with E-state index in [9.17, 15) is 4.79 Å². The van der Waals surface area contributed by atoms with Gasteiger partial charge in [0.15, 0.2) is 0 Å². The number of ether oxygens (including phenoxy) is 1. The number of nitrogens with one attached hydrogen (secondary N) is 2. The summed E-state index contributed by atoms with van der Waals surface area (Å²) in [7, 11) is 1.72. The van der Waals surface area contributed by atoms with Crippen molar-refractivity contribution in [3.05, 3.63) is 90.5 Å². The van der Waals surface area contributed by atoms with E-state index >= 15 is 0 Å². The van der Waals surface area contributed by atoms with Gasteiger partial charge in [-0.25, -0.2) is 9.48 Å². The van der Waals surface area contributed by atoms with E-state index in [1.807, 2.05) is 60.7 Å². The van der Waals surface area contributed by atoms with Crippen molar-refractivity contribution in [1.82, 2.24) is 20.0 Å². The molecule has 0 spiro atoms. The molecule has 2 N–H and O–H groups in total. The van der Waals surface area contributed by atoms with Crippen LogP contribution in [0.25, 0.3) is 16.6 Å². The third-order valence-electron chi connectivity index (χ3n) is 6.36. The highest BCUT2D eigenvalue weighted by Gasteiger charge is 2.34. The minimum Gasteiger partial charge on any atom is -0.383 e. The summed E-state index contributed by atoms with van der Waals surface area (Å²) >= 11 is 0. The van der Waals surface area contributed by atoms with Crippen molar-refractivity contribution in [3.63, 3.8) is 0 Å². The summed E-state index contributed by atoms with van der Waals surface area (Å²) in [4.78, 5) is 15.6. The minimum absolute atomic E-state index is 0.0152. The summed E-state index contributed by atoms with van der Waals surface area (Å²) in [6.45, 7) is 3.16. The second-order valence-electron chi connectivity index (χ2n) is 8.59. The lowest BCUT2D eigenvalue weighted by molar-refractivity contribution is 0.159. The van der Waals surface area contributed by atoms with Gasteiger partial charge in [0.2, 0.25) is 0 Å². The van der Waals surface area contributed by atoms with Crippen LogP contribution in [0.15, 0.2) is 84.9 Å². The summed E-state index contributed by atoms with van der Waals surface area (Å²) in [6, 6.07) is 27.8. The molecule has 4 aromatic rings. The Labute approximate surface area is 199 Å². The minimum atomic E-state index is -0.234. The lowest BCUT2D eigenvalue weighted by atomic mass is 9.94. The van der Waals surface area contributed by atoms with Gasteiger partial charge < -0.3 is 10.1 Å². The molecule has 2 heterocycles. The van der Waals surface area contributed by atoms with Crippen LogP contribution in [0.5, 0.6) is 0 Å². The van der Waals surface area contributed by atoms with Crippen molar-refractivity contribution in [2.75, 3.05) is 38.7 Å². The Morgan fingerprint density at radius 1 is 0.971 bits per heavy atom. The van der Waals surface area contributed by atoms with Crippen molar-refractivity contribution in [2.24, 2.45) is 0 Å². The summed E-state index contributed by atoms with van der Waals surface area (Å²) in [5.74, 6) is 0.865. The highest BCUT2D eigenvalue weighted by molar-refractivity contribution is 6.00. The van der Waals surface area contributed by atoms with Crippen LogP contribution in [0.4, 0.5) is 10.6 Å². The van der Waals surface area contributed by atoms with Crippen LogP contribution in [0.3, 0.4) is 0 Å². The summed E-state index contributed by atoms with van der Waals surface area (Å²) in [6.07, 6.45) is 0. The number of likely N-dealkylation sites (tertiary alicyclic amines) is 1. The van der Waals surface area contributed by atoms with E-state index in [1.54, 1.807) is 11.8 Å². The van der Waals surface area contributed by atoms with Crippen LogP contribution < -0.4 is 10.6 Å². The van der Waals surface area contributed by atoms with Crippen LogP contribution in [-0.4, -0.2) is 60.1 Å². The van der Waals surface area contributed by atoms with E-state index < -0.39 is 0 Å². The first-order valence-corrected chi connectivity index (χ1v) is 11.6. The molecule has 1 saturated heterocycles. The predicted molar refractivity (Wildman–Crippen MR) is 135 cm³/mol. The molecule has 2 unspecified atom stereocenters. The second kappa shape index (κ2) is 10.1. The first-order chi connectivity index (χ1) is 16.7. The fourth-order valence-electron chi connectivity index (χ4n) is 4.69. The molecule has 3 aromatic carbocycles. The molecule has 1 aliphatic rings. The lowest BCUT2D eigenvalue weighted by Gasteiger charge is -2.21. The first kappa shape index (κ1) is 22.1. The molecule has 7 nitrogen and oxygen atoms in total. The first-order valence-electron chi connectivity index (χ1n) is 11.6. The molecule has 1 fully saturated rings. The Balaban J connectivity index is 1.39. The molecule has 1 aromatic heterocycles. The normalized spacial score (nSPS) is 18.3. The highest BCUT2D eigenvalue weighted by Crippen LogP contribution is 2.29. The Kier molecular flexibility index (Phi) is 6.56. The predicted octanol–water partition coefficient (Wildman–Crippen LogP) is 4.26. The number of aromatic nitrogens is 2. The zero-order chi connectivity index (χ0) is 23.3. The number of nitrogens with zero attached hydrogens (tertiary/aromatic N) is 3. The number of urea groups is 1. The zero-order valence-electron chi connectivity index (χ0n) is 19.2. The van der Waals surface area contributed by atoms with Gasteiger partial charge in [0.05, 0.1) is 23.9 Å². The van der Waals surface area contributed by atoms with Gasteiger partial charge in [0, 0.05) is 38.0 Å². The van der Waals surface area contributed by atoms with Gasteiger partial charge in [-0.15, -0.1) is 0 Å². The van der Waals surface area contributed by atoms with Crippen LogP contribution in [0.2, 0.25) is 0 Å². The fourth-order valence-corrected chi connectivity index (χ4v) is 4.69. The van der Waals surface area contributed by atoms with Gasteiger partial charge >= 0.3 is 6.03 Å². The number of methoxy groups -OCH3 is 1. The number of anilines is 1. The second-order valence-corrected chi connectivity index (χ2v) is 8.59. The smallest absolute Gasteiger partial charge is 0.320 e. The maximum absolute atomic E-state index is 13.3. The van der Waals surface area contributed by atoms with Crippen molar-refractivity contribution in [3.8, 4) is 5.69 Å². The SMILES string of the molecule is COCCN1CC(NC(=O)Nc2c3ccccc3nn2-c2ccccc2)C(c2ccccc2)C1. The summed E-state index contributed by atoms with van der Waals surface area (Å²) < 4.78 is 7.07. The van der Waals surface area contributed by atoms with Crippen LogP contribution >= 0.6 is 0 Å². The summed E-state index contributed by atoms with van der Waals surface area (Å²) in [5, 5.41) is 12.0. The van der Waals surface area contributed by atoms with Crippen molar-refractivity contribution in [1.29, 1.82) is 0 Å². The van der Waals surface area contributed by atoms with Crippen LogP contribution in [0, 0.1) is 0 Å². The number of benzene rings is 3. The van der Waals surface area contributed by atoms with Crippen LogP contribution in [-0.2, 0) is 4.74 Å². The monoisotopic (exact) mass is 455 g/mol. The van der Waals surface area contributed by atoms with E-state index in [4.69, 9.17) is 9.84 Å². The summed E-state index contributed by atoms with van der Waals surface area (Å²) in [5.41, 5.74) is 2.95. The topological polar surface area (TPSA) is 71.4 Å². The van der Waals surface area contributed by atoms with Crippen molar-refractivity contribution in [2.45, 2.75) is 12.0 Å². The number of rotatable bonds is 7. The Morgan fingerprint density at radius 2 is 1.68 bits per heavy atom. The van der Waals surface area contributed by atoms with E-state index in [0.717, 1.165) is 36.2 Å². The Bertz CT molecular complexity index is 1240. The van der Waals surface area contributed by atoms with E-state index in [0.29, 0.717) is 12.4 Å². The number of amides is 2. The van der Waals surface area contributed by atoms with E-state index in [2.05, 4.69) is 39.8 Å². The molecule has 1 aliphatic heterocycles. The fraction of sp³-hybridized carbons (Fsp3) is 0.259. The number of hydrogen-bond acceptors (Lipinski definition) is 4. The van der Waals surface area contributed by atoms with Gasteiger partial charge in [0.25, 0.3) is 0 Å². The average molecular weight is 456 g/mol. The highest BCUT2D eigenvalue weighted by atomic mass is 16.5. The number of fused-ring (bicyclic) bond motifs is 1. The maximum Gasteiger partial charge on any atom is 0.320 e. The van der Waals surface area contributed by atoms with Gasteiger partial charge in [-0.05, 0) is 29.8 Å². The van der Waals surface area contributed by atoms with E-state index in [1.165, 1.54) is 5.56 Å². The molecule has 34 heavy (non-hydrogen) atoms. The molecule has 7 heteroatoms. The van der Waals surface area contributed by atoms with Gasteiger partial charge in [-0.1, -0.05) is 60.7 Å². The molecule has 5 rings (SSSR count). The maximum atomic E-state index is 13.3. The number of carbonyl (C=O) groups excluding carboxylic acids is 1. The lowest BCUT2D eigenvalue weighted by Crippen LogP contribution is -2.42. The Hall–Kier alpha value is -3.68. The molecule has 0 saturated carbocycles. The molecule has 174 valence electrons. The van der Waals surface area contributed by atoms with Crippen LogP contribution in [0.1, 0.15) is 11.5 Å². The molecule has 2 amide bonds. The van der Waals surface area contributed by atoms with Crippen molar-refractivity contribution >= 4 is 22.8 Å². The zero-order valence-corrected chi connectivity index (χ0v) is 19.2. The van der Waals surface area contributed by atoms with Gasteiger partial charge in [-0.2, -0.15) is 5.10 Å². The standard InChI is InChI=1S/C27H29N5O2/c1-34-17-16-31-18-23(20-10-4-2-5-11-20)25(19-31)28-27(33)29-26-22-14-8-9-15-24(22)30-32(26)21-12-6-3-7-13-21/h2-15,23,25H,16-19H2,1H3,(H2,28,29,33). The molecular weight excluding hydrogens is 426 g/mol. The molecule has 0 bridgehead atoms. The number of carbonyl (C=O) groups is 1. The third kappa shape index (κ3) is 4.66. The quantitative estimate of drug-likeness (QED) is 0.437. The molecular formula is C27H29N5O2. The largest absolute Gasteiger partial charge is 0.383 e. The third-order valence-corrected chi connectivity index (χ3v) is 6.36. The van der Waals surface area contributed by atoms with Gasteiger partial charge in [0.1, 0.15) is 5.82 Å². The number of hydrogen-bond donors (Lipinski definition) is 2. The Morgan fingerprint density at radius 3 is 2.44 bits per heavy atom.